The molecule has 1 amide bonds. The number of rotatable bonds is 3. The van der Waals surface area contributed by atoms with E-state index in [-0.39, 0.29) is 5.24 Å². The molecule has 0 aromatic heterocycles. The monoisotopic (exact) mass is 249 g/mol. The van der Waals surface area contributed by atoms with E-state index in [0.717, 1.165) is 13.0 Å². The van der Waals surface area contributed by atoms with E-state index >= 15 is 0 Å². The third kappa shape index (κ3) is 3.25. The number of fused-ring (bicyclic) bond motifs is 1. The topological polar surface area (TPSA) is 20.3 Å². The third-order valence-corrected chi connectivity index (χ3v) is 3.82. The Morgan fingerprint density at radius 2 is 2.00 bits per heavy atom. The first-order valence-electron chi connectivity index (χ1n) is 6.21. The van der Waals surface area contributed by atoms with Crippen LogP contribution in [0.15, 0.2) is 18.2 Å². The van der Waals surface area contributed by atoms with Crippen molar-refractivity contribution < 1.29 is 4.79 Å². The lowest BCUT2D eigenvalue weighted by molar-refractivity contribution is 0.234. The average Bonchev–Trinajstić information content (AvgIpc) is 2.35. The van der Waals surface area contributed by atoms with Gasteiger partial charge < -0.3 is 4.90 Å². The quantitative estimate of drug-likeness (QED) is 0.816. The summed E-state index contributed by atoms with van der Waals surface area (Å²) in [5, 5.41) is -0.164. The van der Waals surface area contributed by atoms with Gasteiger partial charge in [0.15, 0.2) is 0 Å². The first kappa shape index (κ1) is 12.5. The summed E-state index contributed by atoms with van der Waals surface area (Å²) in [7, 11) is 1.79. The Bertz CT molecular complexity index is 417. The van der Waals surface area contributed by atoms with Crippen LogP contribution in [0.2, 0.25) is 0 Å². The number of carbonyl (C=O) groups excluding carboxylic acids is 1. The number of likely N-dealkylation sites (N-methyl/N-ethyl adjacent to an activating group) is 1. The van der Waals surface area contributed by atoms with Gasteiger partial charge in [0.2, 0.25) is 0 Å². The summed E-state index contributed by atoms with van der Waals surface area (Å²) >= 11 is 3.81. The predicted molar refractivity (Wildman–Crippen MR) is 73.8 cm³/mol. The van der Waals surface area contributed by atoms with Crippen LogP contribution in [0.3, 0.4) is 0 Å². The summed E-state index contributed by atoms with van der Waals surface area (Å²) in [5.74, 6) is 0. The number of nitrogens with zero attached hydrogens (tertiary/aromatic N) is 1. The van der Waals surface area contributed by atoms with Crippen molar-refractivity contribution in [3.63, 3.8) is 0 Å². The molecule has 1 aliphatic carbocycles. The van der Waals surface area contributed by atoms with Gasteiger partial charge in [-0.15, -0.1) is 0 Å². The van der Waals surface area contributed by atoms with Crippen molar-refractivity contribution in [2.24, 2.45) is 0 Å². The number of carbonyl (C=O) groups is 1. The Balaban J connectivity index is 2.00. The highest BCUT2D eigenvalue weighted by Crippen LogP contribution is 2.22. The van der Waals surface area contributed by atoms with Crippen molar-refractivity contribution in [2.75, 3.05) is 13.6 Å². The average molecular weight is 249 g/mol. The van der Waals surface area contributed by atoms with Gasteiger partial charge in [0.25, 0.3) is 5.24 Å². The molecule has 2 nitrogen and oxygen atoms in total. The van der Waals surface area contributed by atoms with Crippen LogP contribution in [-0.2, 0) is 19.3 Å². The lowest BCUT2D eigenvalue weighted by Crippen LogP contribution is -2.23. The van der Waals surface area contributed by atoms with E-state index in [1.807, 2.05) is 0 Å². The highest BCUT2D eigenvalue weighted by Gasteiger charge is 2.10. The van der Waals surface area contributed by atoms with Crippen LogP contribution in [-0.4, -0.2) is 23.7 Å². The Kier molecular flexibility index (Phi) is 4.11. The van der Waals surface area contributed by atoms with Gasteiger partial charge in [-0.2, -0.15) is 0 Å². The predicted octanol–water partition coefficient (Wildman–Crippen LogP) is 3.09. The molecule has 0 aliphatic heterocycles. The molecule has 0 spiro atoms. The van der Waals surface area contributed by atoms with Crippen molar-refractivity contribution in [1.82, 2.24) is 4.90 Å². The second-order valence-corrected chi connectivity index (χ2v) is 5.15. The molecule has 0 saturated carbocycles. The van der Waals surface area contributed by atoms with E-state index < -0.39 is 0 Å². The lowest BCUT2D eigenvalue weighted by atomic mass is 9.90. The summed E-state index contributed by atoms with van der Waals surface area (Å²) in [6, 6.07) is 6.76. The Labute approximate surface area is 108 Å². The molecule has 92 valence electrons. The van der Waals surface area contributed by atoms with Crippen LogP contribution in [0.1, 0.15) is 29.5 Å². The molecule has 0 N–H and O–H groups in total. The van der Waals surface area contributed by atoms with E-state index in [4.69, 9.17) is 0 Å². The highest BCUT2D eigenvalue weighted by atomic mass is 32.1. The molecule has 0 saturated heterocycles. The fourth-order valence-electron chi connectivity index (χ4n) is 2.33. The largest absolute Gasteiger partial charge is 0.337 e. The van der Waals surface area contributed by atoms with Gasteiger partial charge in [0, 0.05) is 13.6 Å². The van der Waals surface area contributed by atoms with Gasteiger partial charge in [-0.25, -0.2) is 0 Å². The van der Waals surface area contributed by atoms with Crippen LogP contribution in [0, 0.1) is 0 Å². The number of aryl methyl sites for hydroxylation is 2. The summed E-state index contributed by atoms with van der Waals surface area (Å²) < 4.78 is 0. The smallest absolute Gasteiger partial charge is 0.278 e. The van der Waals surface area contributed by atoms with Crippen LogP contribution >= 0.6 is 12.6 Å². The Morgan fingerprint density at radius 1 is 1.29 bits per heavy atom. The maximum absolute atomic E-state index is 11.0. The molecular formula is C14H19NOS. The molecule has 1 aromatic carbocycles. The van der Waals surface area contributed by atoms with Crippen molar-refractivity contribution in [2.45, 2.75) is 32.1 Å². The van der Waals surface area contributed by atoms with E-state index in [9.17, 15) is 4.79 Å². The number of amides is 1. The summed E-state index contributed by atoms with van der Waals surface area (Å²) in [6.45, 7) is 0.737. The van der Waals surface area contributed by atoms with Crippen molar-refractivity contribution >= 4 is 17.9 Å². The molecule has 0 unspecified atom stereocenters. The first-order chi connectivity index (χ1) is 8.16. The Hall–Kier alpha value is -0.960. The van der Waals surface area contributed by atoms with Crippen LogP contribution in [0.5, 0.6) is 0 Å². The van der Waals surface area contributed by atoms with E-state index in [1.165, 1.54) is 42.4 Å². The zero-order chi connectivity index (χ0) is 12.3. The first-order valence-corrected chi connectivity index (χ1v) is 6.66. The third-order valence-electron chi connectivity index (χ3n) is 3.48. The van der Waals surface area contributed by atoms with Gasteiger partial charge in [-0.3, -0.25) is 4.79 Å². The van der Waals surface area contributed by atoms with E-state index in [1.54, 1.807) is 11.9 Å². The highest BCUT2D eigenvalue weighted by molar-refractivity contribution is 7.96. The van der Waals surface area contributed by atoms with Crippen molar-refractivity contribution in [3.05, 3.63) is 34.9 Å². The minimum atomic E-state index is -0.164. The van der Waals surface area contributed by atoms with E-state index in [0.29, 0.717) is 0 Å². The maximum Gasteiger partial charge on any atom is 0.278 e. The van der Waals surface area contributed by atoms with Gasteiger partial charge in [0.05, 0.1) is 0 Å². The molecule has 0 atom stereocenters. The molecular weight excluding hydrogens is 230 g/mol. The zero-order valence-corrected chi connectivity index (χ0v) is 11.2. The molecule has 1 aromatic rings. The summed E-state index contributed by atoms with van der Waals surface area (Å²) in [5.41, 5.74) is 4.35. The van der Waals surface area contributed by atoms with Gasteiger partial charge >= 0.3 is 0 Å². The van der Waals surface area contributed by atoms with E-state index in [2.05, 4.69) is 30.8 Å². The molecule has 3 heteroatoms. The summed E-state index contributed by atoms with van der Waals surface area (Å²) in [4.78, 5) is 12.6. The van der Waals surface area contributed by atoms with Crippen molar-refractivity contribution in [1.29, 1.82) is 0 Å². The van der Waals surface area contributed by atoms with Crippen molar-refractivity contribution in [3.8, 4) is 0 Å². The normalized spacial score (nSPS) is 14.2. The fraction of sp³-hybridized carbons (Fsp3) is 0.500. The lowest BCUT2D eigenvalue weighted by Gasteiger charge is -2.18. The van der Waals surface area contributed by atoms with Gasteiger partial charge in [0.1, 0.15) is 0 Å². The minimum Gasteiger partial charge on any atom is -0.337 e. The van der Waals surface area contributed by atoms with Gasteiger partial charge in [-0.05, 0) is 48.8 Å². The minimum absolute atomic E-state index is 0.164. The molecule has 1 aliphatic rings. The molecule has 0 fully saturated rings. The van der Waals surface area contributed by atoms with Gasteiger partial charge in [-0.1, -0.05) is 30.8 Å². The SMILES string of the molecule is CN(CCc1ccc2c(c1)CCCC2)C(=O)S. The number of thiol groups is 1. The molecule has 17 heavy (non-hydrogen) atoms. The maximum atomic E-state index is 11.0. The van der Waals surface area contributed by atoms with Crippen LogP contribution in [0.25, 0.3) is 0 Å². The molecule has 0 radical (unpaired) electrons. The zero-order valence-electron chi connectivity index (χ0n) is 10.3. The Morgan fingerprint density at radius 3 is 2.71 bits per heavy atom. The molecule has 2 rings (SSSR count). The summed E-state index contributed by atoms with van der Waals surface area (Å²) in [6.07, 6.45) is 5.99. The second-order valence-electron chi connectivity index (χ2n) is 4.76. The number of hydrogen-bond acceptors (Lipinski definition) is 1. The van der Waals surface area contributed by atoms with Crippen LogP contribution < -0.4 is 0 Å². The molecule has 0 bridgehead atoms. The fourth-order valence-corrected chi connectivity index (χ4v) is 2.43. The second kappa shape index (κ2) is 5.58. The van der Waals surface area contributed by atoms with Crippen LogP contribution in [0.4, 0.5) is 4.79 Å². The number of benzene rings is 1. The molecule has 0 heterocycles. The standard InChI is InChI=1S/C14H19NOS/c1-15(14(16)17)9-8-11-6-7-12-4-2-3-5-13(12)10-11/h6-7,10H,2-5,8-9H2,1H3,(H,16,17). The number of hydrogen-bond donors (Lipinski definition) is 1.